The van der Waals surface area contributed by atoms with Crippen LogP contribution in [0.5, 0.6) is 0 Å². The monoisotopic (exact) mass is 844 g/mol. The smallest absolute Gasteiger partial charge is 0.308 e. The van der Waals surface area contributed by atoms with Crippen LogP contribution in [-0.4, -0.2) is 192 Å². The first-order chi connectivity index (χ1) is 27.7. The molecule has 58 heavy (non-hydrogen) atoms. The van der Waals surface area contributed by atoms with Crippen LogP contribution in [0.4, 0.5) is 0 Å². The summed E-state index contributed by atoms with van der Waals surface area (Å²) in [5.41, 5.74) is 0. The fourth-order valence-corrected chi connectivity index (χ4v) is 7.33. The maximum Gasteiger partial charge on any atom is 0.308 e. The number of hydrogen-bond acceptors (Lipinski definition) is 19. The highest BCUT2D eigenvalue weighted by Gasteiger charge is 2.53. The Balaban J connectivity index is 1.68. The second kappa shape index (κ2) is 25.9. The summed E-state index contributed by atoms with van der Waals surface area (Å²) >= 11 is 0. The molecular weight excluding hydrogens is 776 g/mol. The summed E-state index contributed by atoms with van der Waals surface area (Å²) in [5, 5.41) is 114. The molecular formula is C38H68O20. The van der Waals surface area contributed by atoms with Crippen molar-refractivity contribution in [2.75, 3.05) is 19.8 Å². The lowest BCUT2D eigenvalue weighted by Gasteiger charge is -2.48. The fraction of sp³-hybridized carbons (Fsp3) is 0.947. The Morgan fingerprint density at radius 1 is 0.517 bits per heavy atom. The van der Waals surface area contributed by atoms with Crippen molar-refractivity contribution in [2.45, 2.75) is 208 Å². The van der Waals surface area contributed by atoms with E-state index in [0.717, 1.165) is 51.4 Å². The number of unbranched alkanes of at least 4 members (excludes halogenated alkanes) is 8. The van der Waals surface area contributed by atoms with E-state index in [9.17, 15) is 65.8 Å². The molecule has 3 fully saturated rings. The van der Waals surface area contributed by atoms with Gasteiger partial charge in [-0.1, -0.05) is 71.6 Å². The largest absolute Gasteiger partial charge is 0.481 e. The van der Waals surface area contributed by atoms with Crippen molar-refractivity contribution in [3.63, 3.8) is 0 Å². The quantitative estimate of drug-likeness (QED) is 0.0342. The number of carbonyl (C=O) groups excluding carboxylic acids is 1. The second-order valence-corrected chi connectivity index (χ2v) is 15.4. The molecule has 20 nitrogen and oxygen atoms in total. The maximum atomic E-state index is 13.2. The van der Waals surface area contributed by atoms with Gasteiger partial charge in [-0.05, 0) is 19.3 Å². The molecule has 0 saturated carbocycles. The molecule has 340 valence electrons. The van der Waals surface area contributed by atoms with Gasteiger partial charge in [0.2, 0.25) is 0 Å². The van der Waals surface area contributed by atoms with E-state index in [-0.39, 0.29) is 12.8 Å². The molecule has 0 spiro atoms. The molecule has 3 aliphatic heterocycles. The molecule has 0 radical (unpaired) electrons. The third-order valence-electron chi connectivity index (χ3n) is 10.8. The van der Waals surface area contributed by atoms with Gasteiger partial charge in [0.05, 0.1) is 38.8 Å². The molecule has 0 aliphatic carbocycles. The van der Waals surface area contributed by atoms with E-state index in [4.69, 9.17) is 33.2 Å². The predicted octanol–water partition coefficient (Wildman–Crippen LogP) is -1.68. The Morgan fingerprint density at radius 3 is 1.43 bits per heavy atom. The minimum absolute atomic E-state index is 0.318. The van der Waals surface area contributed by atoms with Crippen LogP contribution in [0.15, 0.2) is 0 Å². The first kappa shape index (κ1) is 50.7. The van der Waals surface area contributed by atoms with Crippen LogP contribution < -0.4 is 0 Å². The van der Waals surface area contributed by atoms with Crippen LogP contribution >= 0.6 is 0 Å². The van der Waals surface area contributed by atoms with E-state index in [1.807, 2.05) is 0 Å². The van der Waals surface area contributed by atoms with Crippen LogP contribution in [0.3, 0.4) is 0 Å². The molecule has 17 unspecified atom stereocenters. The number of hydrogen-bond donors (Lipinski definition) is 11. The molecule has 3 rings (SSSR count). The third-order valence-corrected chi connectivity index (χ3v) is 10.8. The van der Waals surface area contributed by atoms with Crippen molar-refractivity contribution in [3.8, 4) is 0 Å². The summed E-state index contributed by atoms with van der Waals surface area (Å²) in [7, 11) is 0. The average Bonchev–Trinajstić information content (AvgIpc) is 3.19. The normalized spacial score (nSPS) is 36.7. The van der Waals surface area contributed by atoms with Crippen molar-refractivity contribution < 1.29 is 98.9 Å². The molecule has 0 amide bonds. The molecule has 3 saturated heterocycles. The van der Waals surface area contributed by atoms with Gasteiger partial charge in [0.1, 0.15) is 79.4 Å². The number of aliphatic hydroxyl groups excluding tert-OH is 10. The summed E-state index contributed by atoms with van der Waals surface area (Å²) in [5.74, 6) is -1.82. The van der Waals surface area contributed by atoms with Crippen LogP contribution in [0.2, 0.25) is 0 Å². The van der Waals surface area contributed by atoms with Crippen molar-refractivity contribution in [3.05, 3.63) is 0 Å². The number of ether oxygens (including phenoxy) is 7. The average molecular weight is 845 g/mol. The zero-order valence-electron chi connectivity index (χ0n) is 33.4. The van der Waals surface area contributed by atoms with Crippen molar-refractivity contribution in [2.24, 2.45) is 0 Å². The number of carboxylic acid groups (broad SMARTS) is 1. The highest BCUT2D eigenvalue weighted by Crippen LogP contribution is 2.33. The SMILES string of the molecule is CCCCCCCC(CC(=O)O)OC(=O)CC(CCCCCCC)OC1OC(CO)C(OC2OC(CO)C(OC3OC(CO)C(O)C(O)C3O)C(O)C2O)C(O)C1O. The van der Waals surface area contributed by atoms with E-state index >= 15 is 0 Å². The Bertz CT molecular complexity index is 1160. The molecule has 20 heteroatoms. The third kappa shape index (κ3) is 14.7. The van der Waals surface area contributed by atoms with Crippen molar-refractivity contribution in [1.82, 2.24) is 0 Å². The zero-order chi connectivity index (χ0) is 42.9. The van der Waals surface area contributed by atoms with Crippen LogP contribution in [0.1, 0.15) is 104 Å². The molecule has 11 N–H and O–H groups in total. The summed E-state index contributed by atoms with van der Waals surface area (Å²) < 4.78 is 39.7. The molecule has 3 heterocycles. The number of esters is 1. The fourth-order valence-electron chi connectivity index (χ4n) is 7.33. The number of rotatable bonds is 26. The highest BCUT2D eigenvalue weighted by molar-refractivity contribution is 5.72. The van der Waals surface area contributed by atoms with Crippen LogP contribution in [0.25, 0.3) is 0 Å². The molecule has 0 aromatic heterocycles. The van der Waals surface area contributed by atoms with Crippen LogP contribution in [-0.2, 0) is 42.7 Å². The first-order valence-electron chi connectivity index (χ1n) is 20.6. The summed E-state index contributed by atoms with van der Waals surface area (Å²) in [6.07, 6.45) is -18.5. The molecule has 3 aliphatic rings. The second-order valence-electron chi connectivity index (χ2n) is 15.4. The van der Waals surface area contributed by atoms with Crippen molar-refractivity contribution in [1.29, 1.82) is 0 Å². The Kier molecular flexibility index (Phi) is 22.6. The van der Waals surface area contributed by atoms with E-state index in [1.54, 1.807) is 0 Å². The minimum atomic E-state index is -1.99. The Hall–Kier alpha value is -1.70. The van der Waals surface area contributed by atoms with Gasteiger partial charge in [-0.25, -0.2) is 0 Å². The molecule has 0 aromatic rings. The van der Waals surface area contributed by atoms with E-state index in [1.165, 1.54) is 0 Å². The van der Waals surface area contributed by atoms with Gasteiger partial charge in [0.15, 0.2) is 18.9 Å². The lowest BCUT2D eigenvalue weighted by molar-refractivity contribution is -0.380. The van der Waals surface area contributed by atoms with Crippen LogP contribution in [0, 0.1) is 0 Å². The minimum Gasteiger partial charge on any atom is -0.481 e. The molecule has 0 aromatic carbocycles. The predicted molar refractivity (Wildman–Crippen MR) is 197 cm³/mol. The topological polar surface area (TPSA) is 321 Å². The summed E-state index contributed by atoms with van der Waals surface area (Å²) in [6, 6.07) is 0. The zero-order valence-corrected chi connectivity index (χ0v) is 33.4. The number of aliphatic carboxylic acids is 1. The summed E-state index contributed by atoms with van der Waals surface area (Å²) in [4.78, 5) is 24.7. The summed E-state index contributed by atoms with van der Waals surface area (Å²) in [6.45, 7) is 1.69. The van der Waals surface area contributed by atoms with Gasteiger partial charge in [-0.2, -0.15) is 0 Å². The maximum absolute atomic E-state index is 13.2. The standard InChI is InChI=1S/C38H68O20/c1-3-5-7-9-11-13-20(15-25(42)43)52-26(44)16-21(14-12-10-8-6-4-2)53-36-32(50)29(47)34(23(18-40)55-36)58-38-33(51)30(48)35(24(19-41)56-38)57-37-31(49)28(46)27(45)22(17-39)54-37/h20-24,27-41,45-51H,3-19H2,1-2H3,(H,42,43). The lowest BCUT2D eigenvalue weighted by Crippen LogP contribution is -2.66. The Morgan fingerprint density at radius 2 is 0.948 bits per heavy atom. The molecule has 0 bridgehead atoms. The lowest BCUT2D eigenvalue weighted by atomic mass is 9.96. The van der Waals surface area contributed by atoms with Gasteiger partial charge in [-0.3, -0.25) is 9.59 Å². The van der Waals surface area contributed by atoms with Gasteiger partial charge < -0.3 is 89.3 Å². The first-order valence-corrected chi connectivity index (χ1v) is 20.6. The number of carboxylic acids is 1. The number of aliphatic hydroxyl groups is 10. The van der Waals surface area contributed by atoms with E-state index in [0.29, 0.717) is 25.7 Å². The Labute approximate surface area is 338 Å². The van der Waals surface area contributed by atoms with Gasteiger partial charge in [0.25, 0.3) is 0 Å². The van der Waals surface area contributed by atoms with Gasteiger partial charge >= 0.3 is 11.9 Å². The molecule has 17 atom stereocenters. The van der Waals surface area contributed by atoms with Gasteiger partial charge in [-0.15, -0.1) is 0 Å². The van der Waals surface area contributed by atoms with E-state index in [2.05, 4.69) is 13.8 Å². The van der Waals surface area contributed by atoms with E-state index < -0.39 is 136 Å². The highest BCUT2D eigenvalue weighted by atomic mass is 16.8. The number of carbonyl (C=O) groups is 2. The van der Waals surface area contributed by atoms with Crippen molar-refractivity contribution >= 4 is 11.9 Å². The van der Waals surface area contributed by atoms with Gasteiger partial charge in [0, 0.05) is 0 Å².